The quantitative estimate of drug-likeness (QED) is 0.516. The van der Waals surface area contributed by atoms with Crippen molar-refractivity contribution in [1.82, 2.24) is 0 Å². The zero-order valence-electron chi connectivity index (χ0n) is 5.43. The van der Waals surface area contributed by atoms with Crippen LogP contribution in [0.25, 0.3) is 0 Å². The first-order chi connectivity index (χ1) is 3.89. The van der Waals surface area contributed by atoms with Crippen LogP contribution in [-0.2, 0) is 0 Å². The van der Waals surface area contributed by atoms with Crippen molar-refractivity contribution in [2.75, 3.05) is 4.93 Å². The topological polar surface area (TPSA) is 13.1 Å². The first-order valence-corrected chi connectivity index (χ1v) is 4.42. The van der Waals surface area contributed by atoms with Crippen LogP contribution in [0.15, 0.2) is 23.0 Å². The van der Waals surface area contributed by atoms with Gasteiger partial charge in [-0.1, -0.05) is 22.6 Å². The molecule has 0 aliphatic heterocycles. The highest BCUT2D eigenvalue weighted by Gasteiger charge is 1.75. The van der Waals surface area contributed by atoms with Gasteiger partial charge in [-0.2, -0.15) is 0 Å². The van der Waals surface area contributed by atoms with Gasteiger partial charge in [-0.05, 0) is 23.5 Å². The van der Waals surface area contributed by atoms with Crippen molar-refractivity contribution in [3.05, 3.63) is 24.2 Å². The molecule has 0 fully saturated rings. The Balaban J connectivity index is 0. The highest BCUT2D eigenvalue weighted by atomic mass is 127. The Morgan fingerprint density at radius 1 is 1.44 bits per heavy atom. The van der Waals surface area contributed by atoms with E-state index in [0.29, 0.717) is 0 Å². The van der Waals surface area contributed by atoms with Crippen LogP contribution in [-0.4, -0.2) is 4.93 Å². The van der Waals surface area contributed by atoms with E-state index in [1.165, 1.54) is 5.56 Å². The molecule has 54 valence electrons. The van der Waals surface area contributed by atoms with Gasteiger partial charge in [0.05, 0.1) is 12.5 Å². The Kier molecular flexibility index (Phi) is 12.1. The average molecular weight is 352 g/mol. The second kappa shape index (κ2) is 8.74. The summed E-state index contributed by atoms with van der Waals surface area (Å²) in [5.74, 6) is 0. The minimum atomic E-state index is 0. The lowest BCUT2D eigenvalue weighted by Crippen LogP contribution is -1.48. The molecular formula is C6H10I2O. The van der Waals surface area contributed by atoms with Crippen LogP contribution in [0.2, 0.25) is 0 Å². The number of rotatable bonds is 0. The summed E-state index contributed by atoms with van der Waals surface area (Å²) in [5, 5.41) is 0. The summed E-state index contributed by atoms with van der Waals surface area (Å²) in [4.78, 5) is 1.97. The molecule has 0 amide bonds. The van der Waals surface area contributed by atoms with Crippen LogP contribution in [0.3, 0.4) is 0 Å². The van der Waals surface area contributed by atoms with Gasteiger partial charge in [0.2, 0.25) is 0 Å². The lowest BCUT2D eigenvalue weighted by Gasteiger charge is -1.63. The van der Waals surface area contributed by atoms with E-state index in [0.717, 1.165) is 0 Å². The van der Waals surface area contributed by atoms with Crippen LogP contribution >= 0.6 is 46.6 Å². The average Bonchev–Trinajstić information content (AvgIpc) is 2.24. The van der Waals surface area contributed by atoms with Gasteiger partial charge in [0.1, 0.15) is 0 Å². The van der Waals surface area contributed by atoms with E-state index < -0.39 is 0 Å². The van der Waals surface area contributed by atoms with Gasteiger partial charge < -0.3 is 4.42 Å². The SMILES string of the molecule is CI.Cc1ccoc1.I. The van der Waals surface area contributed by atoms with E-state index in [-0.39, 0.29) is 24.0 Å². The molecule has 0 radical (unpaired) electrons. The Labute approximate surface area is 86.4 Å². The second-order valence-corrected chi connectivity index (χ2v) is 1.30. The molecule has 0 aliphatic rings. The van der Waals surface area contributed by atoms with Gasteiger partial charge >= 0.3 is 0 Å². The van der Waals surface area contributed by atoms with Crippen LogP contribution in [0.1, 0.15) is 5.56 Å². The van der Waals surface area contributed by atoms with E-state index in [1.54, 1.807) is 12.5 Å². The van der Waals surface area contributed by atoms with Gasteiger partial charge in [-0.15, -0.1) is 24.0 Å². The van der Waals surface area contributed by atoms with Gasteiger partial charge in [0, 0.05) is 0 Å². The summed E-state index contributed by atoms with van der Waals surface area (Å²) in [6.07, 6.45) is 3.37. The summed E-state index contributed by atoms with van der Waals surface area (Å²) in [5.41, 5.74) is 1.18. The number of furan rings is 1. The minimum Gasteiger partial charge on any atom is -0.472 e. The van der Waals surface area contributed by atoms with Crippen molar-refractivity contribution in [3.8, 4) is 0 Å². The van der Waals surface area contributed by atoms with Crippen molar-refractivity contribution in [1.29, 1.82) is 0 Å². The third-order valence-corrected chi connectivity index (χ3v) is 0.663. The Morgan fingerprint density at radius 2 is 2.00 bits per heavy atom. The molecule has 1 aromatic heterocycles. The third-order valence-electron chi connectivity index (χ3n) is 0.663. The monoisotopic (exact) mass is 352 g/mol. The van der Waals surface area contributed by atoms with Gasteiger partial charge in [0.25, 0.3) is 0 Å². The van der Waals surface area contributed by atoms with E-state index in [1.807, 2.05) is 17.9 Å². The fourth-order valence-electron chi connectivity index (χ4n) is 0.333. The zero-order chi connectivity index (χ0) is 6.41. The predicted molar refractivity (Wildman–Crippen MR) is 58.8 cm³/mol. The van der Waals surface area contributed by atoms with E-state index in [9.17, 15) is 0 Å². The fourth-order valence-corrected chi connectivity index (χ4v) is 0.333. The number of hydrogen-bond donors (Lipinski definition) is 0. The predicted octanol–water partition coefficient (Wildman–Crippen LogP) is 3.26. The standard InChI is InChI=1S/C5H6O.CH3I.HI/c1-5-2-3-6-4-5;1-2;/h2-4H,1H3;1H3;1H. The normalized spacial score (nSPS) is 6.56. The van der Waals surface area contributed by atoms with Crippen molar-refractivity contribution in [3.63, 3.8) is 0 Å². The largest absolute Gasteiger partial charge is 0.472 e. The molecule has 0 bridgehead atoms. The summed E-state index contributed by atoms with van der Waals surface area (Å²) in [6.45, 7) is 1.99. The number of aryl methyl sites for hydroxylation is 1. The van der Waals surface area contributed by atoms with Crippen molar-refractivity contribution in [2.24, 2.45) is 0 Å². The summed E-state index contributed by atoms with van der Waals surface area (Å²) in [7, 11) is 0. The van der Waals surface area contributed by atoms with Crippen LogP contribution in [0.4, 0.5) is 0 Å². The van der Waals surface area contributed by atoms with E-state index >= 15 is 0 Å². The Hall–Kier alpha value is 0.740. The molecule has 1 rings (SSSR count). The minimum absolute atomic E-state index is 0. The molecule has 0 aromatic carbocycles. The zero-order valence-corrected chi connectivity index (χ0v) is 9.91. The van der Waals surface area contributed by atoms with Crippen molar-refractivity contribution < 1.29 is 4.42 Å². The molecule has 1 aromatic rings. The molecule has 0 aliphatic carbocycles. The maximum Gasteiger partial charge on any atom is 0.0931 e. The number of hydrogen-bond acceptors (Lipinski definition) is 1. The van der Waals surface area contributed by atoms with E-state index in [4.69, 9.17) is 4.42 Å². The van der Waals surface area contributed by atoms with Gasteiger partial charge in [-0.3, -0.25) is 0 Å². The Bertz CT molecular complexity index is 115. The van der Waals surface area contributed by atoms with Crippen LogP contribution in [0, 0.1) is 6.92 Å². The highest BCUT2D eigenvalue weighted by molar-refractivity contribution is 14.1. The molecule has 0 unspecified atom stereocenters. The molecule has 1 heterocycles. The fraction of sp³-hybridized carbons (Fsp3) is 0.333. The maximum absolute atomic E-state index is 4.71. The summed E-state index contributed by atoms with van der Waals surface area (Å²) in [6, 6.07) is 1.92. The molecule has 0 spiro atoms. The molecule has 1 nitrogen and oxygen atoms in total. The lowest BCUT2D eigenvalue weighted by atomic mass is 10.4. The third kappa shape index (κ3) is 6.63. The number of alkyl halides is 1. The van der Waals surface area contributed by atoms with Crippen molar-refractivity contribution >= 4 is 46.6 Å². The molecule has 0 saturated heterocycles. The molecule has 0 saturated carbocycles. The van der Waals surface area contributed by atoms with Gasteiger partial charge in [-0.25, -0.2) is 0 Å². The lowest BCUT2D eigenvalue weighted by molar-refractivity contribution is 0.565. The maximum atomic E-state index is 4.71. The van der Waals surface area contributed by atoms with Gasteiger partial charge in [0.15, 0.2) is 0 Å². The molecular weight excluding hydrogens is 342 g/mol. The van der Waals surface area contributed by atoms with Crippen molar-refractivity contribution in [2.45, 2.75) is 6.92 Å². The van der Waals surface area contributed by atoms with Crippen LogP contribution < -0.4 is 0 Å². The summed E-state index contributed by atoms with van der Waals surface area (Å²) >= 11 is 2.15. The molecule has 0 N–H and O–H groups in total. The second-order valence-electron chi connectivity index (χ2n) is 1.30. The molecule has 3 heteroatoms. The number of halogens is 2. The highest BCUT2D eigenvalue weighted by Crippen LogP contribution is 1.93. The molecule has 9 heavy (non-hydrogen) atoms. The Morgan fingerprint density at radius 3 is 2.11 bits per heavy atom. The first kappa shape index (κ1) is 12.4. The molecule has 0 atom stereocenters. The van der Waals surface area contributed by atoms with E-state index in [2.05, 4.69) is 22.6 Å². The summed E-state index contributed by atoms with van der Waals surface area (Å²) < 4.78 is 4.71. The smallest absolute Gasteiger partial charge is 0.0931 e. The first-order valence-electron chi connectivity index (χ1n) is 2.26. The van der Waals surface area contributed by atoms with Crippen LogP contribution in [0.5, 0.6) is 0 Å².